The Labute approximate surface area is 215 Å². The van der Waals surface area contributed by atoms with Crippen molar-refractivity contribution in [1.82, 2.24) is 5.32 Å². The fourth-order valence-corrected chi connectivity index (χ4v) is 4.51. The Hall–Kier alpha value is -3.30. The van der Waals surface area contributed by atoms with Gasteiger partial charge < -0.3 is 19.5 Å². The summed E-state index contributed by atoms with van der Waals surface area (Å²) in [5.41, 5.74) is 2.15. The van der Waals surface area contributed by atoms with E-state index in [0.717, 1.165) is 11.3 Å². The summed E-state index contributed by atoms with van der Waals surface area (Å²) in [5, 5.41) is 3.28. The fourth-order valence-electron chi connectivity index (χ4n) is 3.24. The molecule has 9 heteroatoms. The second-order valence-electron chi connectivity index (χ2n) is 7.35. The Morgan fingerprint density at radius 1 is 1.09 bits per heavy atom. The molecule has 35 heavy (non-hydrogen) atoms. The summed E-state index contributed by atoms with van der Waals surface area (Å²) in [6, 6.07) is 17.1. The molecule has 1 amide bonds. The lowest BCUT2D eigenvalue weighted by atomic mass is 10.1. The number of hydrogen-bond acceptors (Lipinski definition) is 6. The van der Waals surface area contributed by atoms with Crippen LogP contribution in [-0.4, -0.2) is 24.8 Å². The predicted octanol–water partition coefficient (Wildman–Crippen LogP) is 6.47. The summed E-state index contributed by atoms with van der Waals surface area (Å²) in [6.45, 7) is 2.70. The number of nitrogens with zero attached hydrogens (tertiary/aromatic N) is 1. The first-order valence-corrected chi connectivity index (χ1v) is 12.3. The molecule has 4 rings (SSSR count). The lowest BCUT2D eigenvalue weighted by Crippen LogP contribution is -2.19. The molecule has 0 aliphatic carbocycles. The molecule has 6 nitrogen and oxygen atoms in total. The van der Waals surface area contributed by atoms with Crippen LogP contribution in [0.1, 0.15) is 18.1 Å². The largest absolute Gasteiger partial charge is 0.494 e. The number of carbonyl (C=O) groups excluding carboxylic acids is 1. The van der Waals surface area contributed by atoms with Crippen LogP contribution in [0.4, 0.5) is 10.1 Å². The molecule has 1 saturated heterocycles. The minimum Gasteiger partial charge on any atom is -0.494 e. The molecule has 0 bridgehead atoms. The van der Waals surface area contributed by atoms with Crippen molar-refractivity contribution in [2.45, 2.75) is 13.5 Å². The first-order chi connectivity index (χ1) is 16.9. The lowest BCUT2D eigenvalue weighted by Gasteiger charge is -2.13. The molecular formula is C26H22BrFN2O4S. The molecule has 1 heterocycles. The van der Waals surface area contributed by atoms with Crippen LogP contribution in [-0.2, 0) is 11.4 Å². The van der Waals surface area contributed by atoms with Gasteiger partial charge in [0.05, 0.1) is 24.3 Å². The van der Waals surface area contributed by atoms with Gasteiger partial charge in [-0.25, -0.2) is 9.38 Å². The van der Waals surface area contributed by atoms with Gasteiger partial charge in [0, 0.05) is 4.47 Å². The monoisotopic (exact) mass is 556 g/mol. The second kappa shape index (κ2) is 11.4. The van der Waals surface area contributed by atoms with Gasteiger partial charge >= 0.3 is 0 Å². The summed E-state index contributed by atoms with van der Waals surface area (Å²) < 4.78 is 30.9. The van der Waals surface area contributed by atoms with Crippen molar-refractivity contribution in [3.8, 4) is 17.2 Å². The van der Waals surface area contributed by atoms with Crippen LogP contribution in [0, 0.1) is 5.82 Å². The highest BCUT2D eigenvalue weighted by atomic mass is 79.9. The third kappa shape index (κ3) is 6.43. The van der Waals surface area contributed by atoms with E-state index in [1.807, 2.05) is 31.2 Å². The topological polar surface area (TPSA) is 69.2 Å². The van der Waals surface area contributed by atoms with Gasteiger partial charge in [-0.15, -0.1) is 0 Å². The number of methoxy groups -OCH3 is 1. The molecular weight excluding hydrogens is 535 g/mol. The highest BCUT2D eigenvalue weighted by molar-refractivity contribution is 9.10. The SMILES string of the molecule is CCOc1ccc(N=C2NC(=O)/C(=C\c3cc(OC)c(OCc4cccc(F)c4)cc3Br)S2)cc1. The third-order valence-electron chi connectivity index (χ3n) is 4.88. The third-order valence-corrected chi connectivity index (χ3v) is 6.48. The highest BCUT2D eigenvalue weighted by Gasteiger charge is 2.24. The Balaban J connectivity index is 1.50. The van der Waals surface area contributed by atoms with E-state index in [2.05, 4.69) is 26.2 Å². The van der Waals surface area contributed by atoms with Crippen molar-refractivity contribution < 1.29 is 23.4 Å². The molecule has 0 radical (unpaired) electrons. The van der Waals surface area contributed by atoms with Gasteiger partial charge in [-0.2, -0.15) is 0 Å². The van der Waals surface area contributed by atoms with Crippen LogP contribution in [0.2, 0.25) is 0 Å². The van der Waals surface area contributed by atoms with Gasteiger partial charge in [0.15, 0.2) is 16.7 Å². The predicted molar refractivity (Wildman–Crippen MR) is 140 cm³/mol. The first kappa shape index (κ1) is 24.8. The van der Waals surface area contributed by atoms with Gasteiger partial charge in [-0.1, -0.05) is 28.1 Å². The van der Waals surface area contributed by atoms with Crippen LogP contribution in [0.25, 0.3) is 6.08 Å². The summed E-state index contributed by atoms with van der Waals surface area (Å²) >= 11 is 4.79. The molecule has 0 spiro atoms. The molecule has 0 unspecified atom stereocenters. The number of thioether (sulfide) groups is 1. The molecule has 3 aromatic carbocycles. The van der Waals surface area contributed by atoms with Gasteiger partial charge in [0.2, 0.25) is 0 Å². The van der Waals surface area contributed by atoms with Crippen molar-refractivity contribution in [1.29, 1.82) is 0 Å². The first-order valence-electron chi connectivity index (χ1n) is 10.7. The number of aliphatic imine (C=N–C) groups is 1. The van der Waals surface area contributed by atoms with E-state index in [0.29, 0.717) is 43.9 Å². The fraction of sp³-hybridized carbons (Fsp3) is 0.154. The number of rotatable bonds is 8. The van der Waals surface area contributed by atoms with Crippen LogP contribution in [0.5, 0.6) is 17.2 Å². The highest BCUT2D eigenvalue weighted by Crippen LogP contribution is 2.37. The summed E-state index contributed by atoms with van der Waals surface area (Å²) in [6.07, 6.45) is 1.75. The van der Waals surface area contributed by atoms with Gasteiger partial charge in [-0.05, 0) is 84.4 Å². The van der Waals surface area contributed by atoms with Crippen LogP contribution < -0.4 is 19.5 Å². The Kier molecular flexibility index (Phi) is 8.09. The maximum atomic E-state index is 13.4. The van der Waals surface area contributed by atoms with E-state index in [1.54, 1.807) is 30.3 Å². The van der Waals surface area contributed by atoms with Crippen LogP contribution in [0.15, 0.2) is 75.0 Å². The quantitative estimate of drug-likeness (QED) is 0.322. The van der Waals surface area contributed by atoms with Crippen molar-refractivity contribution in [3.63, 3.8) is 0 Å². The minimum atomic E-state index is -0.320. The van der Waals surface area contributed by atoms with Crippen molar-refractivity contribution in [2.75, 3.05) is 13.7 Å². The Morgan fingerprint density at radius 2 is 1.89 bits per heavy atom. The summed E-state index contributed by atoms with van der Waals surface area (Å²) in [7, 11) is 1.54. The number of amides is 1. The normalized spacial score (nSPS) is 15.4. The smallest absolute Gasteiger partial charge is 0.264 e. The average molecular weight is 557 g/mol. The minimum absolute atomic E-state index is 0.185. The molecule has 180 valence electrons. The molecule has 1 N–H and O–H groups in total. The molecule has 0 aromatic heterocycles. The van der Waals surface area contributed by atoms with Crippen LogP contribution in [0.3, 0.4) is 0 Å². The van der Waals surface area contributed by atoms with E-state index in [1.165, 1.54) is 31.0 Å². The number of benzene rings is 3. The van der Waals surface area contributed by atoms with Crippen molar-refractivity contribution >= 4 is 50.5 Å². The number of amidine groups is 1. The van der Waals surface area contributed by atoms with E-state index in [4.69, 9.17) is 14.2 Å². The molecule has 0 atom stereocenters. The maximum Gasteiger partial charge on any atom is 0.264 e. The van der Waals surface area contributed by atoms with Crippen molar-refractivity contribution in [2.24, 2.45) is 4.99 Å². The standard InChI is InChI=1S/C26H22BrFN2O4S/c1-3-33-20-9-7-19(8-10-20)29-26-30-25(31)24(35-26)13-17-12-22(32-2)23(14-21(17)27)34-15-16-5-4-6-18(28)11-16/h4-14H,3,15H2,1-2H3,(H,29,30,31)/b24-13+. The molecule has 0 saturated carbocycles. The zero-order valence-corrected chi connectivity index (χ0v) is 21.4. The number of hydrogen-bond donors (Lipinski definition) is 1. The second-order valence-corrected chi connectivity index (χ2v) is 9.24. The summed E-state index contributed by atoms with van der Waals surface area (Å²) in [4.78, 5) is 17.5. The van der Waals surface area contributed by atoms with E-state index in [9.17, 15) is 9.18 Å². The number of ether oxygens (including phenoxy) is 3. The maximum absolute atomic E-state index is 13.4. The van der Waals surface area contributed by atoms with E-state index in [-0.39, 0.29) is 18.3 Å². The molecule has 1 fully saturated rings. The number of carbonyl (C=O) groups is 1. The van der Waals surface area contributed by atoms with Gasteiger partial charge in [0.1, 0.15) is 18.2 Å². The molecule has 1 aliphatic rings. The Bertz CT molecular complexity index is 1300. The zero-order chi connectivity index (χ0) is 24.8. The van der Waals surface area contributed by atoms with Crippen molar-refractivity contribution in [3.05, 3.63) is 87.0 Å². The number of halogens is 2. The average Bonchev–Trinajstić information content (AvgIpc) is 3.19. The number of nitrogens with one attached hydrogen (secondary N) is 1. The van der Waals surface area contributed by atoms with Gasteiger partial charge in [-0.3, -0.25) is 4.79 Å². The van der Waals surface area contributed by atoms with E-state index < -0.39 is 0 Å². The Morgan fingerprint density at radius 3 is 2.60 bits per heavy atom. The van der Waals surface area contributed by atoms with E-state index >= 15 is 0 Å². The zero-order valence-electron chi connectivity index (χ0n) is 19.0. The van der Waals surface area contributed by atoms with Gasteiger partial charge in [0.25, 0.3) is 5.91 Å². The van der Waals surface area contributed by atoms with Crippen LogP contribution >= 0.6 is 27.7 Å². The lowest BCUT2D eigenvalue weighted by molar-refractivity contribution is -0.115. The molecule has 1 aliphatic heterocycles. The summed E-state index contributed by atoms with van der Waals surface area (Å²) in [5.74, 6) is 1.19. The molecule has 3 aromatic rings.